The highest BCUT2D eigenvalue weighted by Crippen LogP contribution is 2.29. The number of nitrogens with one attached hydrogen (secondary N) is 1. The van der Waals surface area contributed by atoms with E-state index in [0.29, 0.717) is 0 Å². The fourth-order valence-electron chi connectivity index (χ4n) is 2.22. The Balaban J connectivity index is 2.22. The molecule has 1 aliphatic rings. The molecule has 0 bridgehead atoms. The average Bonchev–Trinajstić information content (AvgIpc) is 2.98. The van der Waals surface area contributed by atoms with Gasteiger partial charge in [0.15, 0.2) is 0 Å². The van der Waals surface area contributed by atoms with Crippen molar-refractivity contribution >= 4 is 0 Å². The van der Waals surface area contributed by atoms with Crippen LogP contribution in [0.1, 0.15) is 53.9 Å². The lowest BCUT2D eigenvalue weighted by molar-refractivity contribution is 0.220. The van der Waals surface area contributed by atoms with E-state index in [1.807, 2.05) is 0 Å². The molecule has 0 heterocycles. The molecular weight excluding hydrogens is 208 g/mol. The van der Waals surface area contributed by atoms with E-state index in [1.165, 1.54) is 38.9 Å². The molecule has 0 spiro atoms. The molecule has 1 fully saturated rings. The molecule has 1 N–H and O–H groups in total. The van der Waals surface area contributed by atoms with E-state index in [9.17, 15) is 0 Å². The molecule has 0 aromatic heterocycles. The third-order valence-electron chi connectivity index (χ3n) is 3.30. The Labute approximate surface area is 108 Å². The molecule has 1 unspecified atom stereocenters. The Morgan fingerprint density at radius 2 is 1.94 bits per heavy atom. The molecule has 2 nitrogen and oxygen atoms in total. The second kappa shape index (κ2) is 6.75. The molecule has 0 radical (unpaired) electrons. The molecule has 0 aromatic rings. The van der Waals surface area contributed by atoms with Crippen molar-refractivity contribution in [1.82, 2.24) is 10.2 Å². The second-order valence-electron chi connectivity index (χ2n) is 6.94. The summed E-state index contributed by atoms with van der Waals surface area (Å²) in [6, 6.07) is 0. The van der Waals surface area contributed by atoms with Crippen molar-refractivity contribution in [2.75, 3.05) is 26.2 Å². The first-order valence-corrected chi connectivity index (χ1v) is 7.38. The third kappa shape index (κ3) is 7.77. The van der Waals surface area contributed by atoms with Crippen LogP contribution in [0.15, 0.2) is 0 Å². The van der Waals surface area contributed by atoms with Crippen LogP contribution in [0.4, 0.5) is 0 Å². The first-order valence-electron chi connectivity index (χ1n) is 7.38. The summed E-state index contributed by atoms with van der Waals surface area (Å²) in [6.45, 7) is 16.4. The first-order chi connectivity index (χ1) is 7.90. The lowest BCUT2D eigenvalue weighted by Gasteiger charge is -2.28. The van der Waals surface area contributed by atoms with Gasteiger partial charge in [-0.3, -0.25) is 0 Å². The van der Waals surface area contributed by atoms with Crippen LogP contribution >= 0.6 is 0 Å². The molecule has 102 valence electrons. The van der Waals surface area contributed by atoms with Crippen LogP contribution in [-0.4, -0.2) is 36.6 Å². The molecular formula is C15H32N2. The maximum Gasteiger partial charge on any atom is 0.00966 e. The van der Waals surface area contributed by atoms with E-state index in [1.54, 1.807) is 0 Å². The highest BCUT2D eigenvalue weighted by Gasteiger charge is 2.24. The van der Waals surface area contributed by atoms with Gasteiger partial charge in [-0.15, -0.1) is 0 Å². The topological polar surface area (TPSA) is 15.3 Å². The van der Waals surface area contributed by atoms with Crippen LogP contribution in [-0.2, 0) is 0 Å². The quantitative estimate of drug-likeness (QED) is 0.701. The van der Waals surface area contributed by atoms with Crippen molar-refractivity contribution < 1.29 is 0 Å². The zero-order chi connectivity index (χ0) is 12.9. The number of nitrogens with zero attached hydrogens (tertiary/aromatic N) is 1. The minimum absolute atomic E-state index is 0.250. The Kier molecular flexibility index (Phi) is 5.94. The molecule has 1 saturated carbocycles. The lowest BCUT2D eigenvalue weighted by Crippen LogP contribution is -2.42. The minimum atomic E-state index is 0.250. The fraction of sp³-hybridized carbons (Fsp3) is 1.00. The van der Waals surface area contributed by atoms with Gasteiger partial charge in [-0.2, -0.15) is 0 Å². The summed E-state index contributed by atoms with van der Waals surface area (Å²) in [4.78, 5) is 2.67. The van der Waals surface area contributed by atoms with Gasteiger partial charge in [0.05, 0.1) is 0 Å². The average molecular weight is 240 g/mol. The van der Waals surface area contributed by atoms with Gasteiger partial charge in [0, 0.05) is 18.6 Å². The summed E-state index contributed by atoms with van der Waals surface area (Å²) in [5.41, 5.74) is 0.250. The molecule has 0 aromatic carbocycles. The maximum atomic E-state index is 3.61. The van der Waals surface area contributed by atoms with E-state index in [2.05, 4.69) is 44.8 Å². The molecule has 1 rings (SSSR count). The fourth-order valence-corrected chi connectivity index (χ4v) is 2.22. The molecule has 2 heteroatoms. The highest BCUT2D eigenvalue weighted by atomic mass is 15.1. The van der Waals surface area contributed by atoms with Crippen LogP contribution in [0.5, 0.6) is 0 Å². The van der Waals surface area contributed by atoms with Gasteiger partial charge < -0.3 is 10.2 Å². The Morgan fingerprint density at radius 1 is 1.29 bits per heavy atom. The monoisotopic (exact) mass is 240 g/mol. The van der Waals surface area contributed by atoms with Gasteiger partial charge in [0.2, 0.25) is 0 Å². The molecule has 1 aliphatic carbocycles. The van der Waals surface area contributed by atoms with Crippen molar-refractivity contribution in [2.24, 2.45) is 11.8 Å². The van der Waals surface area contributed by atoms with Crippen molar-refractivity contribution in [3.63, 3.8) is 0 Å². The summed E-state index contributed by atoms with van der Waals surface area (Å²) < 4.78 is 0. The van der Waals surface area contributed by atoms with Gasteiger partial charge in [-0.1, -0.05) is 13.8 Å². The Hall–Kier alpha value is -0.0800. The summed E-state index contributed by atoms with van der Waals surface area (Å²) in [7, 11) is 0. The zero-order valence-electron chi connectivity index (χ0n) is 12.6. The lowest BCUT2D eigenvalue weighted by atomic mass is 10.1. The number of hydrogen-bond acceptors (Lipinski definition) is 2. The van der Waals surface area contributed by atoms with Crippen molar-refractivity contribution in [3.05, 3.63) is 0 Å². The van der Waals surface area contributed by atoms with Gasteiger partial charge in [-0.25, -0.2) is 0 Å². The maximum absolute atomic E-state index is 3.61. The summed E-state index contributed by atoms with van der Waals surface area (Å²) in [5, 5.41) is 3.61. The standard InChI is InChI=1S/C15H32N2/c1-6-9-17(12-14-7-8-14)11-13(2)10-16-15(3,4)5/h13-14,16H,6-12H2,1-5H3. The van der Waals surface area contributed by atoms with E-state index >= 15 is 0 Å². The van der Waals surface area contributed by atoms with Crippen LogP contribution in [0, 0.1) is 11.8 Å². The van der Waals surface area contributed by atoms with Crippen molar-refractivity contribution in [1.29, 1.82) is 0 Å². The largest absolute Gasteiger partial charge is 0.312 e. The number of hydrogen-bond donors (Lipinski definition) is 1. The highest BCUT2D eigenvalue weighted by molar-refractivity contribution is 4.79. The molecule has 17 heavy (non-hydrogen) atoms. The summed E-state index contributed by atoms with van der Waals surface area (Å²) in [5.74, 6) is 1.77. The van der Waals surface area contributed by atoms with Gasteiger partial charge in [0.25, 0.3) is 0 Å². The van der Waals surface area contributed by atoms with Crippen LogP contribution in [0.25, 0.3) is 0 Å². The Bertz CT molecular complexity index is 203. The van der Waals surface area contributed by atoms with Crippen molar-refractivity contribution in [2.45, 2.75) is 59.4 Å². The van der Waals surface area contributed by atoms with E-state index in [-0.39, 0.29) is 5.54 Å². The van der Waals surface area contributed by atoms with Crippen LogP contribution in [0.3, 0.4) is 0 Å². The smallest absolute Gasteiger partial charge is 0.00966 e. The molecule has 0 aliphatic heterocycles. The molecule has 0 amide bonds. The van der Waals surface area contributed by atoms with Crippen LogP contribution in [0.2, 0.25) is 0 Å². The van der Waals surface area contributed by atoms with Crippen LogP contribution < -0.4 is 5.32 Å². The molecule has 0 saturated heterocycles. The van der Waals surface area contributed by atoms with Crippen molar-refractivity contribution in [3.8, 4) is 0 Å². The molecule has 1 atom stereocenters. The van der Waals surface area contributed by atoms with E-state index in [0.717, 1.165) is 18.4 Å². The summed E-state index contributed by atoms with van der Waals surface area (Å²) >= 11 is 0. The second-order valence-corrected chi connectivity index (χ2v) is 6.94. The Morgan fingerprint density at radius 3 is 2.41 bits per heavy atom. The predicted molar refractivity (Wildman–Crippen MR) is 76.4 cm³/mol. The minimum Gasteiger partial charge on any atom is -0.312 e. The zero-order valence-corrected chi connectivity index (χ0v) is 12.6. The van der Waals surface area contributed by atoms with Gasteiger partial charge in [0.1, 0.15) is 0 Å². The summed E-state index contributed by atoms with van der Waals surface area (Å²) in [6.07, 6.45) is 4.22. The first kappa shape index (κ1) is 15.0. The SMILES string of the molecule is CCCN(CC(C)CNC(C)(C)C)CC1CC1. The predicted octanol–water partition coefficient (Wildman–Crippen LogP) is 3.13. The normalized spacial score (nSPS) is 18.7. The third-order valence-corrected chi connectivity index (χ3v) is 3.30. The van der Waals surface area contributed by atoms with Gasteiger partial charge >= 0.3 is 0 Å². The van der Waals surface area contributed by atoms with E-state index in [4.69, 9.17) is 0 Å². The number of rotatable bonds is 8. The van der Waals surface area contributed by atoms with Gasteiger partial charge in [-0.05, 0) is 65.0 Å². The van der Waals surface area contributed by atoms with E-state index < -0.39 is 0 Å².